The van der Waals surface area contributed by atoms with Crippen molar-refractivity contribution >= 4 is 69.6 Å². The molecule has 0 aromatic heterocycles. The van der Waals surface area contributed by atoms with Crippen LogP contribution in [-0.4, -0.2) is 45.6 Å². The van der Waals surface area contributed by atoms with Crippen LogP contribution in [0.5, 0.6) is 11.5 Å². The molecule has 2 saturated heterocycles. The highest BCUT2D eigenvalue weighted by Gasteiger charge is 2.76. The summed E-state index contributed by atoms with van der Waals surface area (Å²) in [6.07, 6.45) is 1.80. The zero-order chi connectivity index (χ0) is 35.8. The van der Waals surface area contributed by atoms with Crippen molar-refractivity contribution in [2.45, 2.75) is 28.5 Å². The predicted molar refractivity (Wildman–Crippen MR) is 190 cm³/mol. The van der Waals surface area contributed by atoms with Crippen molar-refractivity contribution in [2.24, 2.45) is 17.8 Å². The zero-order valence-electron chi connectivity index (χ0n) is 27.1. The maximum atomic E-state index is 14.5. The van der Waals surface area contributed by atoms with Gasteiger partial charge in [0, 0.05) is 17.3 Å². The van der Waals surface area contributed by atoms with Gasteiger partial charge in [0.25, 0.3) is 11.8 Å². The number of aromatic hydroxyl groups is 1. The van der Waals surface area contributed by atoms with E-state index in [0.717, 1.165) is 28.4 Å². The number of methoxy groups -OCH3 is 1. The molecule has 0 spiro atoms. The van der Waals surface area contributed by atoms with Crippen LogP contribution >= 0.6 is 23.2 Å². The highest BCUT2D eigenvalue weighted by atomic mass is 35.5. The first-order chi connectivity index (χ1) is 24.5. The summed E-state index contributed by atoms with van der Waals surface area (Å²) in [6.45, 7) is 0. The summed E-state index contributed by atoms with van der Waals surface area (Å²) in [7, 11) is 1.37. The van der Waals surface area contributed by atoms with Gasteiger partial charge in [-0.3, -0.25) is 24.1 Å². The standard InChI is InChI=1S/C39H30Cl2FN3O6/c1-51-31-19-21(7-18-30(31)46)33-27-16-17-28-32(35(48)44(34(28)47)25-14-10-24(11-15-25)43-23-5-3-2-4-6-23)29(27)20-38(40)36(49)45(37(50)39(33,38)41)26-12-8-22(42)9-13-26/h2-16,18-19,28-29,32-33,43,46H,17,20H2,1H3/t28-,29+,32-,33-,38+,39-/m0/s1. The van der Waals surface area contributed by atoms with E-state index in [4.69, 9.17) is 27.9 Å². The molecule has 1 saturated carbocycles. The van der Waals surface area contributed by atoms with E-state index < -0.39 is 57.0 Å². The molecule has 2 aliphatic carbocycles. The number of imide groups is 2. The van der Waals surface area contributed by atoms with Crippen molar-refractivity contribution in [3.05, 3.63) is 120 Å². The maximum Gasteiger partial charge on any atom is 0.258 e. The molecule has 4 aromatic rings. The lowest BCUT2D eigenvalue weighted by Crippen LogP contribution is -2.60. The van der Waals surface area contributed by atoms with Crippen LogP contribution in [0.3, 0.4) is 0 Å². The number of phenols is 1. The second-order valence-electron chi connectivity index (χ2n) is 13.2. The number of phenolic OH excluding ortho intramolecular Hbond substituents is 1. The van der Waals surface area contributed by atoms with E-state index in [2.05, 4.69) is 5.32 Å². The quantitative estimate of drug-likeness (QED) is 0.124. The number of carbonyl (C=O) groups is 4. The van der Waals surface area contributed by atoms with Crippen molar-refractivity contribution in [1.82, 2.24) is 0 Å². The average Bonchev–Trinajstić information content (AvgIpc) is 3.47. The Kier molecular flexibility index (Phi) is 7.73. The molecule has 4 aromatic carbocycles. The molecule has 8 rings (SSSR count). The highest BCUT2D eigenvalue weighted by molar-refractivity contribution is 6.58. The highest BCUT2D eigenvalue weighted by Crippen LogP contribution is 2.66. The van der Waals surface area contributed by atoms with E-state index in [1.165, 1.54) is 36.3 Å². The molecular formula is C39H30Cl2FN3O6. The Balaban J connectivity index is 1.21. The van der Waals surface area contributed by atoms with Gasteiger partial charge in [-0.1, -0.05) is 35.9 Å². The first-order valence-corrected chi connectivity index (χ1v) is 17.1. The Morgan fingerprint density at radius 3 is 2.14 bits per heavy atom. The molecule has 3 fully saturated rings. The van der Waals surface area contributed by atoms with E-state index in [9.17, 15) is 28.7 Å². The molecule has 2 N–H and O–H groups in total. The van der Waals surface area contributed by atoms with Gasteiger partial charge in [-0.2, -0.15) is 0 Å². The van der Waals surface area contributed by atoms with Crippen molar-refractivity contribution in [2.75, 3.05) is 22.2 Å². The molecule has 0 bridgehead atoms. The fraction of sp³-hybridized carbons (Fsp3) is 0.231. The van der Waals surface area contributed by atoms with Gasteiger partial charge in [0.1, 0.15) is 5.82 Å². The molecule has 4 amide bonds. The molecule has 51 heavy (non-hydrogen) atoms. The van der Waals surface area contributed by atoms with Gasteiger partial charge < -0.3 is 15.2 Å². The molecule has 0 unspecified atom stereocenters. The van der Waals surface area contributed by atoms with E-state index in [-0.39, 0.29) is 35.9 Å². The Morgan fingerprint density at radius 1 is 0.804 bits per heavy atom. The topological polar surface area (TPSA) is 116 Å². The summed E-state index contributed by atoms with van der Waals surface area (Å²) in [5.41, 5.74) is 3.13. The fourth-order valence-electron chi connectivity index (χ4n) is 8.28. The van der Waals surface area contributed by atoms with Crippen LogP contribution in [-0.2, 0) is 19.2 Å². The predicted octanol–water partition coefficient (Wildman–Crippen LogP) is 7.05. The minimum Gasteiger partial charge on any atom is -0.504 e. The number of para-hydroxylation sites is 1. The number of hydrogen-bond donors (Lipinski definition) is 2. The number of hydrogen-bond acceptors (Lipinski definition) is 7. The zero-order valence-corrected chi connectivity index (χ0v) is 28.6. The van der Waals surface area contributed by atoms with Crippen LogP contribution in [0.15, 0.2) is 109 Å². The lowest BCUT2D eigenvalue weighted by atomic mass is 9.56. The Labute approximate surface area is 302 Å². The van der Waals surface area contributed by atoms with E-state index in [1.54, 1.807) is 30.3 Å². The van der Waals surface area contributed by atoms with Gasteiger partial charge >= 0.3 is 0 Å². The largest absolute Gasteiger partial charge is 0.504 e. The third kappa shape index (κ3) is 4.80. The number of benzene rings is 4. The van der Waals surface area contributed by atoms with Crippen molar-refractivity contribution in [1.29, 1.82) is 0 Å². The van der Waals surface area contributed by atoms with Gasteiger partial charge in [0.2, 0.25) is 11.8 Å². The monoisotopic (exact) mass is 725 g/mol. The molecule has 2 aliphatic heterocycles. The smallest absolute Gasteiger partial charge is 0.258 e. The van der Waals surface area contributed by atoms with Gasteiger partial charge in [-0.05, 0) is 97.1 Å². The molecule has 12 heteroatoms. The maximum absolute atomic E-state index is 14.5. The van der Waals surface area contributed by atoms with Gasteiger partial charge in [0.15, 0.2) is 21.2 Å². The summed E-state index contributed by atoms with van der Waals surface area (Å²) in [6, 6.07) is 25.8. The van der Waals surface area contributed by atoms with Gasteiger partial charge in [-0.25, -0.2) is 9.29 Å². The number of fused-ring (bicyclic) bond motifs is 4. The van der Waals surface area contributed by atoms with E-state index >= 15 is 0 Å². The minimum absolute atomic E-state index is 0.0845. The molecule has 4 aliphatic rings. The number of nitrogens with one attached hydrogen (secondary N) is 1. The van der Waals surface area contributed by atoms with E-state index in [1.807, 2.05) is 36.4 Å². The van der Waals surface area contributed by atoms with Crippen molar-refractivity contribution < 1.29 is 33.4 Å². The first-order valence-electron chi connectivity index (χ1n) is 16.4. The lowest BCUT2D eigenvalue weighted by molar-refractivity contribution is -0.125. The Morgan fingerprint density at radius 2 is 1.45 bits per heavy atom. The minimum atomic E-state index is -2.11. The number of anilines is 4. The first kappa shape index (κ1) is 33.0. The summed E-state index contributed by atoms with van der Waals surface area (Å²) in [5, 5.41) is 13.7. The summed E-state index contributed by atoms with van der Waals surface area (Å²) < 4.78 is 19.3. The van der Waals surface area contributed by atoms with Crippen molar-refractivity contribution in [3.8, 4) is 11.5 Å². The van der Waals surface area contributed by atoms with Crippen LogP contribution in [0, 0.1) is 23.6 Å². The van der Waals surface area contributed by atoms with Crippen LogP contribution in [0.2, 0.25) is 0 Å². The number of amides is 4. The fourth-order valence-corrected chi connectivity index (χ4v) is 9.22. The van der Waals surface area contributed by atoms with Crippen LogP contribution in [0.1, 0.15) is 24.3 Å². The SMILES string of the molecule is COc1cc([C@H]2C3=CC[C@@H]4C(=O)N(c5ccc(Nc6ccccc6)cc5)C(=O)[C@@H]4[C@@H]3C[C@@]3(Cl)C(=O)N(c4ccc(F)cc4)C(=O)[C@@]23Cl)ccc1O. The number of halogens is 3. The normalized spacial score (nSPS) is 28.3. The Hall–Kier alpha value is -5.19. The second-order valence-corrected chi connectivity index (χ2v) is 14.5. The number of ether oxygens (including phenoxy) is 1. The van der Waals surface area contributed by atoms with Crippen LogP contribution < -0.4 is 19.9 Å². The summed E-state index contributed by atoms with van der Waals surface area (Å²) in [5.74, 6) is -6.56. The number of allylic oxidation sites excluding steroid dienone is 2. The molecule has 258 valence electrons. The third-order valence-electron chi connectivity index (χ3n) is 10.6. The number of nitrogens with zero attached hydrogens (tertiary/aromatic N) is 2. The summed E-state index contributed by atoms with van der Waals surface area (Å²) >= 11 is 14.8. The number of rotatable bonds is 6. The molecule has 6 atom stereocenters. The molecular weight excluding hydrogens is 696 g/mol. The van der Waals surface area contributed by atoms with Gasteiger partial charge in [-0.15, -0.1) is 23.2 Å². The number of alkyl halides is 2. The molecule has 0 radical (unpaired) electrons. The second kappa shape index (κ2) is 12.0. The van der Waals surface area contributed by atoms with Gasteiger partial charge in [0.05, 0.1) is 30.3 Å². The van der Waals surface area contributed by atoms with Crippen molar-refractivity contribution in [3.63, 3.8) is 0 Å². The van der Waals surface area contributed by atoms with Crippen LogP contribution in [0.4, 0.5) is 27.1 Å². The number of carbonyl (C=O) groups excluding carboxylic acids is 4. The Bertz CT molecular complexity index is 2150. The molecule has 9 nitrogen and oxygen atoms in total. The van der Waals surface area contributed by atoms with E-state index in [0.29, 0.717) is 16.8 Å². The lowest BCUT2D eigenvalue weighted by Gasteiger charge is -2.50. The third-order valence-corrected chi connectivity index (χ3v) is 12.0. The summed E-state index contributed by atoms with van der Waals surface area (Å²) in [4.78, 5) is 55.3. The molecule has 2 heterocycles. The van der Waals surface area contributed by atoms with Crippen LogP contribution in [0.25, 0.3) is 0 Å². The average molecular weight is 727 g/mol.